The van der Waals surface area contributed by atoms with Crippen LogP contribution in [0.5, 0.6) is 0 Å². The number of rotatable bonds is 7. The Morgan fingerprint density at radius 3 is 2.62 bits per heavy atom. The number of aryl methyl sites for hydroxylation is 2. The van der Waals surface area contributed by atoms with Crippen LogP contribution in [0.25, 0.3) is 16.7 Å². The van der Waals surface area contributed by atoms with Crippen molar-refractivity contribution in [2.24, 2.45) is 0 Å². The van der Waals surface area contributed by atoms with E-state index >= 15 is 0 Å². The number of carbonyl (C=O) groups is 1. The number of carboxylic acids is 1. The molecule has 1 saturated heterocycles. The molecule has 2 aromatic carbocycles. The Balaban J connectivity index is 1.31. The largest absolute Gasteiger partial charge is 0.477 e. The zero-order chi connectivity index (χ0) is 25.5. The summed E-state index contributed by atoms with van der Waals surface area (Å²) in [6.07, 6.45) is 6.57. The number of hydrogen-bond acceptors (Lipinski definition) is 7. The molecule has 9 heteroatoms. The van der Waals surface area contributed by atoms with E-state index < -0.39 is 11.4 Å². The van der Waals surface area contributed by atoms with Gasteiger partial charge in [-0.15, -0.1) is 0 Å². The monoisotopic (exact) mass is 497 g/mol. The molecule has 37 heavy (non-hydrogen) atoms. The van der Waals surface area contributed by atoms with Gasteiger partial charge in [0.2, 0.25) is 11.4 Å². The fraction of sp³-hybridized carbons (Fsp3) is 0.286. The fourth-order valence-electron chi connectivity index (χ4n) is 5.12. The third-order valence-corrected chi connectivity index (χ3v) is 7.20. The average Bonchev–Trinajstić information content (AvgIpc) is 3.35. The molecule has 0 atom stereocenters. The van der Waals surface area contributed by atoms with Gasteiger partial charge in [-0.1, -0.05) is 18.2 Å². The second kappa shape index (κ2) is 9.42. The van der Waals surface area contributed by atoms with Gasteiger partial charge in [0.1, 0.15) is 5.56 Å². The van der Waals surface area contributed by atoms with Crippen LogP contribution in [-0.2, 0) is 19.3 Å². The van der Waals surface area contributed by atoms with E-state index in [1.165, 1.54) is 29.1 Å². The summed E-state index contributed by atoms with van der Waals surface area (Å²) in [7, 11) is 0. The first-order chi connectivity index (χ1) is 17.9. The molecule has 0 radical (unpaired) electrons. The van der Waals surface area contributed by atoms with Crippen molar-refractivity contribution in [1.29, 1.82) is 0 Å². The SMILES string of the molecule is O=C(O)c1cn(-c2ccc3c(c2)CCC3)c2nc(Nc3ccc(CCN4CC(O)C4)cc3)ncc2c1=O. The molecule has 4 aromatic rings. The second-order valence-corrected chi connectivity index (χ2v) is 9.77. The molecule has 6 rings (SSSR count). The first-order valence-electron chi connectivity index (χ1n) is 12.5. The van der Waals surface area contributed by atoms with Crippen molar-refractivity contribution in [3.05, 3.63) is 87.3 Å². The number of anilines is 2. The number of fused-ring (bicyclic) bond motifs is 2. The van der Waals surface area contributed by atoms with E-state index in [-0.39, 0.29) is 17.1 Å². The lowest BCUT2D eigenvalue weighted by atomic mass is 10.1. The molecule has 0 unspecified atom stereocenters. The number of aromatic carboxylic acids is 1. The van der Waals surface area contributed by atoms with Gasteiger partial charge in [0.25, 0.3) is 0 Å². The summed E-state index contributed by atoms with van der Waals surface area (Å²) in [6.45, 7) is 2.39. The number of carboxylic acid groups (broad SMARTS) is 1. The van der Waals surface area contributed by atoms with Gasteiger partial charge in [-0.25, -0.2) is 9.78 Å². The molecule has 0 amide bonds. The van der Waals surface area contributed by atoms with Crippen LogP contribution < -0.4 is 10.7 Å². The minimum Gasteiger partial charge on any atom is -0.477 e. The summed E-state index contributed by atoms with van der Waals surface area (Å²) in [4.78, 5) is 35.8. The minimum atomic E-state index is -1.28. The number of hydrogen-bond donors (Lipinski definition) is 3. The number of nitrogens with zero attached hydrogens (tertiary/aromatic N) is 4. The Morgan fingerprint density at radius 1 is 1.08 bits per heavy atom. The molecule has 1 aliphatic heterocycles. The Hall–Kier alpha value is -4.08. The van der Waals surface area contributed by atoms with E-state index in [0.717, 1.165) is 56.7 Å². The van der Waals surface area contributed by atoms with Crippen LogP contribution in [0.3, 0.4) is 0 Å². The lowest BCUT2D eigenvalue weighted by Crippen LogP contribution is -2.51. The van der Waals surface area contributed by atoms with E-state index in [2.05, 4.69) is 26.3 Å². The molecule has 9 nitrogen and oxygen atoms in total. The van der Waals surface area contributed by atoms with E-state index in [9.17, 15) is 19.8 Å². The third kappa shape index (κ3) is 4.59. The number of β-amino-alcohol motifs (C(OH)–C–C–N with tert-alkyl or cyclic N) is 1. The molecule has 0 saturated carbocycles. The Morgan fingerprint density at radius 2 is 1.86 bits per heavy atom. The molecule has 0 bridgehead atoms. The molecule has 2 aliphatic rings. The molecule has 3 heterocycles. The number of aliphatic hydroxyl groups excluding tert-OH is 1. The summed E-state index contributed by atoms with van der Waals surface area (Å²) in [5.74, 6) is -0.971. The van der Waals surface area contributed by atoms with Gasteiger partial charge in [-0.05, 0) is 66.6 Å². The highest BCUT2D eigenvalue weighted by molar-refractivity contribution is 5.92. The lowest BCUT2D eigenvalue weighted by Gasteiger charge is -2.35. The van der Waals surface area contributed by atoms with Crippen LogP contribution in [0, 0.1) is 0 Å². The normalized spacial score (nSPS) is 15.5. The first-order valence-corrected chi connectivity index (χ1v) is 12.5. The van der Waals surface area contributed by atoms with Gasteiger partial charge in [0.05, 0.1) is 11.5 Å². The van der Waals surface area contributed by atoms with Crippen molar-refractivity contribution in [3.63, 3.8) is 0 Å². The van der Waals surface area contributed by atoms with Crippen molar-refractivity contribution < 1.29 is 15.0 Å². The predicted molar refractivity (Wildman–Crippen MR) is 140 cm³/mol. The van der Waals surface area contributed by atoms with E-state index in [4.69, 9.17) is 0 Å². The van der Waals surface area contributed by atoms with Crippen molar-refractivity contribution >= 4 is 28.6 Å². The molecule has 3 N–H and O–H groups in total. The predicted octanol–water partition coefficient (Wildman–Crippen LogP) is 2.93. The van der Waals surface area contributed by atoms with Gasteiger partial charge in [-0.3, -0.25) is 9.69 Å². The molecule has 188 valence electrons. The third-order valence-electron chi connectivity index (χ3n) is 7.20. The highest BCUT2D eigenvalue weighted by Crippen LogP contribution is 2.26. The van der Waals surface area contributed by atoms with Gasteiger partial charge >= 0.3 is 5.97 Å². The summed E-state index contributed by atoms with van der Waals surface area (Å²) in [5.41, 5.74) is 4.71. The zero-order valence-corrected chi connectivity index (χ0v) is 20.2. The number of likely N-dealkylation sites (tertiary alicyclic amines) is 1. The topological polar surface area (TPSA) is 121 Å². The Labute approximate surface area is 213 Å². The van der Waals surface area contributed by atoms with Crippen LogP contribution >= 0.6 is 0 Å². The van der Waals surface area contributed by atoms with Crippen LogP contribution in [0.1, 0.15) is 33.5 Å². The van der Waals surface area contributed by atoms with Crippen molar-refractivity contribution in [3.8, 4) is 5.69 Å². The molecule has 1 fully saturated rings. The van der Waals surface area contributed by atoms with E-state index in [0.29, 0.717) is 11.6 Å². The smallest absolute Gasteiger partial charge is 0.341 e. The standard InChI is InChI=1S/C28H27N5O4/c34-22-14-32(15-22)11-10-17-4-7-20(8-5-17)30-28-29-13-23-25(35)24(27(36)37)16-33(26(23)31-28)21-9-6-18-2-1-3-19(18)12-21/h4-9,12-13,16,22,34H,1-3,10-11,14-15H2,(H,36,37)(H,29,30,31). The molecular formula is C28H27N5O4. The minimum absolute atomic E-state index is 0.150. The highest BCUT2D eigenvalue weighted by atomic mass is 16.4. The average molecular weight is 498 g/mol. The van der Waals surface area contributed by atoms with Gasteiger partial charge < -0.3 is 20.1 Å². The van der Waals surface area contributed by atoms with Crippen LogP contribution in [0.15, 0.2) is 59.7 Å². The number of benzene rings is 2. The van der Waals surface area contributed by atoms with Crippen molar-refractivity contribution in [1.82, 2.24) is 19.4 Å². The van der Waals surface area contributed by atoms with Gasteiger partial charge in [-0.2, -0.15) is 4.98 Å². The Bertz CT molecular complexity index is 1560. The summed E-state index contributed by atoms with van der Waals surface area (Å²) in [5, 5.41) is 22.4. The Kier molecular flexibility index (Phi) is 5.94. The summed E-state index contributed by atoms with van der Waals surface area (Å²) < 4.78 is 1.67. The number of aromatic nitrogens is 3. The van der Waals surface area contributed by atoms with Crippen LogP contribution in [-0.4, -0.2) is 61.4 Å². The first kappa shape index (κ1) is 23.3. The number of pyridine rings is 1. The highest BCUT2D eigenvalue weighted by Gasteiger charge is 2.23. The van der Waals surface area contributed by atoms with Crippen molar-refractivity contribution in [2.45, 2.75) is 31.8 Å². The molecule has 1 aliphatic carbocycles. The van der Waals surface area contributed by atoms with Gasteiger partial charge in [0, 0.05) is 43.4 Å². The quantitative estimate of drug-likeness (QED) is 0.357. The molecular weight excluding hydrogens is 470 g/mol. The van der Waals surface area contributed by atoms with Crippen LogP contribution in [0.4, 0.5) is 11.6 Å². The zero-order valence-electron chi connectivity index (χ0n) is 20.2. The fourth-order valence-corrected chi connectivity index (χ4v) is 5.12. The van der Waals surface area contributed by atoms with Gasteiger partial charge in [0.15, 0.2) is 5.65 Å². The van der Waals surface area contributed by atoms with E-state index in [1.807, 2.05) is 36.4 Å². The summed E-state index contributed by atoms with van der Waals surface area (Å²) in [6, 6.07) is 14.0. The number of nitrogens with one attached hydrogen (secondary N) is 1. The molecule has 2 aromatic heterocycles. The lowest BCUT2D eigenvalue weighted by molar-refractivity contribution is 0.00310. The summed E-state index contributed by atoms with van der Waals surface area (Å²) >= 11 is 0. The van der Waals surface area contributed by atoms with E-state index in [1.54, 1.807) is 4.57 Å². The number of aliphatic hydroxyl groups is 1. The second-order valence-electron chi connectivity index (χ2n) is 9.77. The maximum atomic E-state index is 12.9. The van der Waals surface area contributed by atoms with Crippen molar-refractivity contribution in [2.75, 3.05) is 25.0 Å². The maximum Gasteiger partial charge on any atom is 0.341 e. The van der Waals surface area contributed by atoms with Crippen LogP contribution in [0.2, 0.25) is 0 Å². The molecule has 0 spiro atoms. The maximum absolute atomic E-state index is 12.9.